The van der Waals surface area contributed by atoms with Crippen molar-refractivity contribution >= 4 is 11.8 Å². The number of nitrogens with one attached hydrogen (secondary N) is 1. The second kappa shape index (κ2) is 7.94. The molecule has 1 saturated heterocycles. The number of hydrogen-bond acceptors (Lipinski definition) is 5. The summed E-state index contributed by atoms with van der Waals surface area (Å²) in [6, 6.07) is 11.3. The maximum Gasteiger partial charge on any atom is 0.254 e. The molecule has 4 rings (SSSR count). The third-order valence-electron chi connectivity index (χ3n) is 4.89. The van der Waals surface area contributed by atoms with Gasteiger partial charge in [-0.3, -0.25) is 14.5 Å². The van der Waals surface area contributed by atoms with Crippen LogP contribution in [0, 0.1) is 0 Å². The maximum absolute atomic E-state index is 12.3. The molecule has 27 heavy (non-hydrogen) atoms. The van der Waals surface area contributed by atoms with Crippen LogP contribution < -0.4 is 5.32 Å². The van der Waals surface area contributed by atoms with Crippen molar-refractivity contribution in [2.24, 2.45) is 0 Å². The summed E-state index contributed by atoms with van der Waals surface area (Å²) in [4.78, 5) is 28.4. The zero-order valence-corrected chi connectivity index (χ0v) is 15.1. The molecule has 0 saturated carbocycles. The Labute approximate surface area is 157 Å². The highest BCUT2D eigenvalue weighted by atomic mass is 16.5. The molecule has 2 aliphatic rings. The van der Waals surface area contributed by atoms with E-state index in [2.05, 4.69) is 10.2 Å². The molecule has 2 aromatic rings. The zero-order chi connectivity index (χ0) is 18.6. The van der Waals surface area contributed by atoms with E-state index < -0.39 is 0 Å². The van der Waals surface area contributed by atoms with E-state index in [1.807, 2.05) is 30.3 Å². The number of fused-ring (bicyclic) bond motifs is 1. The van der Waals surface area contributed by atoms with Gasteiger partial charge in [-0.1, -0.05) is 18.2 Å². The van der Waals surface area contributed by atoms with Gasteiger partial charge in [-0.2, -0.15) is 0 Å². The predicted octanol–water partition coefficient (Wildman–Crippen LogP) is 1.38. The smallest absolute Gasteiger partial charge is 0.254 e. The zero-order valence-electron chi connectivity index (χ0n) is 15.1. The molecule has 2 amide bonds. The van der Waals surface area contributed by atoms with E-state index >= 15 is 0 Å². The Morgan fingerprint density at radius 1 is 1.07 bits per heavy atom. The van der Waals surface area contributed by atoms with Crippen molar-refractivity contribution in [3.05, 3.63) is 59.0 Å². The minimum Gasteiger partial charge on any atom is -0.463 e. The minimum absolute atomic E-state index is 0.0505. The van der Waals surface area contributed by atoms with Gasteiger partial charge >= 0.3 is 0 Å². The summed E-state index contributed by atoms with van der Waals surface area (Å²) in [5.74, 6) is 1.31. The summed E-state index contributed by atoms with van der Waals surface area (Å²) < 4.78 is 11.1. The number of benzene rings is 1. The van der Waals surface area contributed by atoms with Crippen molar-refractivity contribution < 1.29 is 18.7 Å². The van der Waals surface area contributed by atoms with Crippen LogP contribution in [0.25, 0.3) is 0 Å². The molecule has 0 bridgehead atoms. The van der Waals surface area contributed by atoms with Crippen molar-refractivity contribution in [1.82, 2.24) is 15.1 Å². The summed E-state index contributed by atoms with van der Waals surface area (Å²) in [7, 11) is 0. The molecule has 1 aromatic heterocycles. The molecule has 2 aliphatic heterocycles. The molecule has 7 heteroatoms. The quantitative estimate of drug-likeness (QED) is 0.833. The molecule has 3 heterocycles. The Morgan fingerprint density at radius 3 is 2.67 bits per heavy atom. The van der Waals surface area contributed by atoms with Crippen molar-refractivity contribution in [2.75, 3.05) is 32.8 Å². The van der Waals surface area contributed by atoms with E-state index in [9.17, 15) is 9.59 Å². The van der Waals surface area contributed by atoms with Crippen molar-refractivity contribution in [2.45, 2.75) is 19.6 Å². The number of nitrogens with zero attached hydrogens (tertiary/aromatic N) is 2. The fraction of sp³-hybridized carbons (Fsp3) is 0.400. The van der Waals surface area contributed by atoms with Gasteiger partial charge in [-0.25, -0.2) is 0 Å². The Hall–Kier alpha value is -2.64. The lowest BCUT2D eigenvalue weighted by Gasteiger charge is -2.25. The molecule has 1 N–H and O–H groups in total. The number of amides is 2. The van der Waals surface area contributed by atoms with Crippen LogP contribution in [0.15, 0.2) is 40.8 Å². The second-order valence-corrected chi connectivity index (χ2v) is 6.85. The van der Waals surface area contributed by atoms with Crippen molar-refractivity contribution in [1.29, 1.82) is 0 Å². The summed E-state index contributed by atoms with van der Waals surface area (Å²) in [5.41, 5.74) is 1.65. The van der Waals surface area contributed by atoms with Crippen LogP contribution in [0.2, 0.25) is 0 Å². The number of morpholine rings is 1. The molecular weight excluding hydrogens is 346 g/mol. The Morgan fingerprint density at radius 2 is 1.85 bits per heavy atom. The van der Waals surface area contributed by atoms with E-state index in [0.29, 0.717) is 24.4 Å². The van der Waals surface area contributed by atoms with Gasteiger partial charge in [0.25, 0.3) is 5.91 Å². The minimum atomic E-state index is -0.192. The monoisotopic (exact) mass is 369 g/mol. The van der Waals surface area contributed by atoms with Crippen LogP contribution in [0.4, 0.5) is 0 Å². The molecule has 142 valence electrons. The van der Waals surface area contributed by atoms with E-state index in [1.165, 1.54) is 0 Å². The number of carbonyl (C=O) groups is 2. The Kier molecular flexibility index (Phi) is 5.22. The first-order valence-electron chi connectivity index (χ1n) is 9.20. The molecule has 0 aliphatic carbocycles. The molecule has 1 aromatic carbocycles. The van der Waals surface area contributed by atoms with Crippen LogP contribution in [-0.4, -0.2) is 54.5 Å². The second-order valence-electron chi connectivity index (χ2n) is 6.85. The first-order valence-corrected chi connectivity index (χ1v) is 9.20. The first-order chi connectivity index (χ1) is 13.2. The Bertz CT molecular complexity index is 826. The fourth-order valence-corrected chi connectivity index (χ4v) is 3.44. The van der Waals surface area contributed by atoms with Gasteiger partial charge in [0.2, 0.25) is 5.91 Å². The highest BCUT2D eigenvalue weighted by Crippen LogP contribution is 2.21. The summed E-state index contributed by atoms with van der Waals surface area (Å²) in [6.07, 6.45) is 0. The van der Waals surface area contributed by atoms with Gasteiger partial charge in [0.05, 0.1) is 26.3 Å². The third-order valence-corrected chi connectivity index (χ3v) is 4.89. The van der Waals surface area contributed by atoms with Gasteiger partial charge in [0, 0.05) is 25.2 Å². The topological polar surface area (TPSA) is 75.0 Å². The molecule has 0 atom stereocenters. The lowest BCUT2D eigenvalue weighted by Crippen LogP contribution is -2.37. The van der Waals surface area contributed by atoms with Crippen LogP contribution in [0.1, 0.15) is 27.4 Å². The lowest BCUT2D eigenvalue weighted by atomic mass is 10.1. The average Bonchev–Trinajstić information content (AvgIpc) is 3.26. The van der Waals surface area contributed by atoms with E-state index in [1.54, 1.807) is 11.0 Å². The highest BCUT2D eigenvalue weighted by molar-refractivity contribution is 6.00. The van der Waals surface area contributed by atoms with Gasteiger partial charge in [0.1, 0.15) is 18.1 Å². The highest BCUT2D eigenvalue weighted by Gasteiger charge is 2.28. The number of furan rings is 1. The van der Waals surface area contributed by atoms with E-state index in [-0.39, 0.29) is 18.4 Å². The molecule has 0 spiro atoms. The van der Waals surface area contributed by atoms with Gasteiger partial charge < -0.3 is 19.4 Å². The molecule has 0 radical (unpaired) electrons. The number of ether oxygens (including phenoxy) is 1. The third kappa shape index (κ3) is 4.20. The summed E-state index contributed by atoms with van der Waals surface area (Å²) >= 11 is 0. The standard InChI is InChI=1S/C20H23N3O4/c24-19(14-23-12-15-3-1-2-4-18(15)20(23)25)21-11-16-5-6-17(27-16)13-22-7-9-26-10-8-22/h1-6H,7-14H2,(H,21,24). The van der Waals surface area contributed by atoms with Crippen LogP contribution in [-0.2, 0) is 29.2 Å². The van der Waals surface area contributed by atoms with E-state index in [0.717, 1.165) is 44.2 Å². The molecule has 1 fully saturated rings. The van der Waals surface area contributed by atoms with E-state index in [4.69, 9.17) is 9.15 Å². The van der Waals surface area contributed by atoms with Gasteiger partial charge in [0.15, 0.2) is 0 Å². The van der Waals surface area contributed by atoms with Crippen LogP contribution in [0.3, 0.4) is 0 Å². The summed E-state index contributed by atoms with van der Waals surface area (Å²) in [5, 5.41) is 2.83. The summed E-state index contributed by atoms with van der Waals surface area (Å²) in [6.45, 7) is 4.90. The van der Waals surface area contributed by atoms with Gasteiger partial charge in [-0.05, 0) is 23.8 Å². The first kappa shape index (κ1) is 17.8. The lowest BCUT2D eigenvalue weighted by molar-refractivity contribution is -0.122. The SMILES string of the molecule is O=C(CN1Cc2ccccc2C1=O)NCc1ccc(CN2CCOCC2)o1. The normalized spacial score (nSPS) is 17.2. The van der Waals surface area contributed by atoms with Gasteiger partial charge in [-0.15, -0.1) is 0 Å². The van der Waals surface area contributed by atoms with Crippen LogP contribution in [0.5, 0.6) is 0 Å². The van der Waals surface area contributed by atoms with Crippen molar-refractivity contribution in [3.8, 4) is 0 Å². The Balaban J connectivity index is 1.25. The van der Waals surface area contributed by atoms with Crippen LogP contribution >= 0.6 is 0 Å². The maximum atomic E-state index is 12.3. The van der Waals surface area contributed by atoms with Crippen molar-refractivity contribution in [3.63, 3.8) is 0 Å². The largest absolute Gasteiger partial charge is 0.463 e. The number of carbonyl (C=O) groups excluding carboxylic acids is 2. The number of rotatable bonds is 6. The molecule has 0 unspecified atom stereocenters. The number of hydrogen-bond donors (Lipinski definition) is 1. The fourth-order valence-electron chi connectivity index (χ4n) is 3.44. The average molecular weight is 369 g/mol. The molecular formula is C20H23N3O4. The molecule has 7 nitrogen and oxygen atoms in total. The predicted molar refractivity (Wildman–Crippen MR) is 97.8 cm³/mol.